The Balaban J connectivity index is 1.75. The van der Waals surface area contributed by atoms with Gasteiger partial charge in [-0.25, -0.2) is 9.78 Å². The van der Waals surface area contributed by atoms with Crippen LogP contribution >= 0.6 is 11.3 Å². The molecule has 2 aliphatic rings. The van der Waals surface area contributed by atoms with E-state index in [4.69, 9.17) is 9.47 Å². The first-order chi connectivity index (χ1) is 9.17. The highest BCUT2D eigenvalue weighted by atomic mass is 32.1. The summed E-state index contributed by atoms with van der Waals surface area (Å²) >= 11 is 1.34. The number of nitrogens with one attached hydrogen (secondary N) is 1. The predicted molar refractivity (Wildman–Crippen MR) is 71.7 cm³/mol. The summed E-state index contributed by atoms with van der Waals surface area (Å²) in [6, 6.07) is 0.570. The molecular weight excluding hydrogens is 264 g/mol. The predicted octanol–water partition coefficient (Wildman–Crippen LogP) is 1.76. The average Bonchev–Trinajstić information content (AvgIpc) is 3.05. The maximum atomic E-state index is 11.9. The Hall–Kier alpha value is -1.14. The first-order valence-electron chi connectivity index (χ1n) is 6.72. The maximum absolute atomic E-state index is 11.9. The van der Waals surface area contributed by atoms with Crippen molar-refractivity contribution in [3.05, 3.63) is 9.88 Å². The van der Waals surface area contributed by atoms with Gasteiger partial charge in [0.25, 0.3) is 0 Å². The quantitative estimate of drug-likeness (QED) is 0.853. The molecule has 1 saturated heterocycles. The number of aryl methyl sites for hydroxylation is 1. The third kappa shape index (κ3) is 2.47. The van der Waals surface area contributed by atoms with Crippen LogP contribution in [0.25, 0.3) is 0 Å². The number of aromatic nitrogens is 1. The SMILES string of the molecule is CCOC(=O)c1sc(C)nc1OC1CC2CC1CN2. The minimum absolute atomic E-state index is 0.181. The minimum Gasteiger partial charge on any atom is -0.473 e. The highest BCUT2D eigenvalue weighted by molar-refractivity contribution is 7.13. The van der Waals surface area contributed by atoms with Gasteiger partial charge < -0.3 is 14.8 Å². The Kier molecular flexibility index (Phi) is 3.45. The van der Waals surface area contributed by atoms with Gasteiger partial charge in [-0.3, -0.25) is 0 Å². The molecule has 2 bridgehead atoms. The van der Waals surface area contributed by atoms with E-state index in [0.717, 1.165) is 18.0 Å². The summed E-state index contributed by atoms with van der Waals surface area (Å²) in [6.45, 7) is 5.05. The molecule has 3 atom stereocenters. The van der Waals surface area contributed by atoms with Crippen LogP contribution in [0.3, 0.4) is 0 Å². The number of carbonyl (C=O) groups is 1. The van der Waals surface area contributed by atoms with Gasteiger partial charge in [0.2, 0.25) is 5.88 Å². The van der Waals surface area contributed by atoms with E-state index in [2.05, 4.69) is 10.3 Å². The molecule has 3 unspecified atom stereocenters. The van der Waals surface area contributed by atoms with Gasteiger partial charge in [-0.15, -0.1) is 11.3 Å². The third-order valence-electron chi connectivity index (χ3n) is 3.73. The van der Waals surface area contributed by atoms with E-state index in [0.29, 0.717) is 29.3 Å². The van der Waals surface area contributed by atoms with Gasteiger partial charge in [0.1, 0.15) is 6.10 Å². The van der Waals surface area contributed by atoms with E-state index < -0.39 is 0 Å². The van der Waals surface area contributed by atoms with E-state index in [1.807, 2.05) is 6.92 Å². The van der Waals surface area contributed by atoms with Crippen molar-refractivity contribution in [2.75, 3.05) is 13.2 Å². The molecular formula is C13H18N2O3S. The van der Waals surface area contributed by atoms with Crippen molar-refractivity contribution in [1.29, 1.82) is 0 Å². The molecule has 5 nitrogen and oxygen atoms in total. The highest BCUT2D eigenvalue weighted by Gasteiger charge is 2.41. The number of ether oxygens (including phenoxy) is 2. The number of carbonyl (C=O) groups excluding carboxylic acids is 1. The van der Waals surface area contributed by atoms with Crippen molar-refractivity contribution in [1.82, 2.24) is 10.3 Å². The standard InChI is InChI=1S/C13H18N2O3S/c1-3-17-13(16)11-12(15-7(2)19-11)18-10-5-9-4-8(10)6-14-9/h8-10,14H,3-6H2,1-2H3. The summed E-state index contributed by atoms with van der Waals surface area (Å²) in [5.41, 5.74) is 0. The monoisotopic (exact) mass is 282 g/mol. The zero-order chi connectivity index (χ0) is 13.4. The first-order valence-corrected chi connectivity index (χ1v) is 7.53. The highest BCUT2D eigenvalue weighted by Crippen LogP contribution is 2.36. The van der Waals surface area contributed by atoms with Crippen LogP contribution in [0, 0.1) is 12.8 Å². The third-order valence-corrected chi connectivity index (χ3v) is 4.66. The molecule has 1 aliphatic heterocycles. The Bertz CT molecular complexity index is 488. The molecule has 0 aromatic carbocycles. The van der Waals surface area contributed by atoms with Crippen molar-refractivity contribution in [2.24, 2.45) is 5.92 Å². The molecule has 1 N–H and O–H groups in total. The Morgan fingerprint density at radius 2 is 2.37 bits per heavy atom. The van der Waals surface area contributed by atoms with Crippen LogP contribution in [0.5, 0.6) is 5.88 Å². The van der Waals surface area contributed by atoms with Crippen LogP contribution in [0.15, 0.2) is 0 Å². The van der Waals surface area contributed by atoms with Gasteiger partial charge in [-0.1, -0.05) is 0 Å². The van der Waals surface area contributed by atoms with E-state index in [1.54, 1.807) is 6.92 Å². The molecule has 1 saturated carbocycles. The normalized spacial score (nSPS) is 28.6. The lowest BCUT2D eigenvalue weighted by Crippen LogP contribution is -2.36. The van der Waals surface area contributed by atoms with Gasteiger partial charge in [0, 0.05) is 24.9 Å². The van der Waals surface area contributed by atoms with E-state index >= 15 is 0 Å². The molecule has 1 aliphatic carbocycles. The fourth-order valence-electron chi connectivity index (χ4n) is 2.89. The van der Waals surface area contributed by atoms with Crippen LogP contribution in [0.2, 0.25) is 0 Å². The smallest absolute Gasteiger partial charge is 0.353 e. The van der Waals surface area contributed by atoms with Gasteiger partial charge in [-0.2, -0.15) is 0 Å². The molecule has 2 fully saturated rings. The summed E-state index contributed by atoms with van der Waals surface area (Å²) in [5, 5.41) is 4.28. The summed E-state index contributed by atoms with van der Waals surface area (Å²) in [7, 11) is 0. The largest absolute Gasteiger partial charge is 0.473 e. The van der Waals surface area contributed by atoms with Crippen molar-refractivity contribution >= 4 is 17.3 Å². The second kappa shape index (κ2) is 5.09. The summed E-state index contributed by atoms with van der Waals surface area (Å²) < 4.78 is 11.0. The number of thiazole rings is 1. The number of hydrogen-bond donors (Lipinski definition) is 1. The Morgan fingerprint density at radius 1 is 1.53 bits per heavy atom. The molecule has 3 rings (SSSR count). The molecule has 19 heavy (non-hydrogen) atoms. The topological polar surface area (TPSA) is 60.5 Å². The molecule has 0 amide bonds. The van der Waals surface area contributed by atoms with Crippen molar-refractivity contribution < 1.29 is 14.3 Å². The van der Waals surface area contributed by atoms with Gasteiger partial charge in [0.05, 0.1) is 11.6 Å². The zero-order valence-corrected chi connectivity index (χ0v) is 12.0. The second-order valence-corrected chi connectivity index (χ2v) is 6.28. The lowest BCUT2D eigenvalue weighted by Gasteiger charge is -2.22. The zero-order valence-electron chi connectivity index (χ0n) is 11.1. The van der Waals surface area contributed by atoms with Crippen LogP contribution in [0.4, 0.5) is 0 Å². The molecule has 1 aromatic rings. The molecule has 1 aromatic heterocycles. The lowest BCUT2D eigenvalue weighted by molar-refractivity contribution is 0.0521. The second-order valence-electron chi connectivity index (χ2n) is 5.08. The molecule has 0 spiro atoms. The van der Waals surface area contributed by atoms with Crippen molar-refractivity contribution in [3.8, 4) is 5.88 Å². The van der Waals surface area contributed by atoms with Crippen LogP contribution < -0.4 is 10.1 Å². The molecule has 6 heteroatoms. The number of nitrogens with zero attached hydrogens (tertiary/aromatic N) is 1. The Labute approximate surface area is 116 Å². The average molecular weight is 282 g/mol. The fourth-order valence-corrected chi connectivity index (χ4v) is 3.63. The maximum Gasteiger partial charge on any atom is 0.353 e. The fraction of sp³-hybridized carbons (Fsp3) is 0.692. The van der Waals surface area contributed by atoms with Crippen molar-refractivity contribution in [2.45, 2.75) is 38.8 Å². The Morgan fingerprint density at radius 3 is 3.00 bits per heavy atom. The van der Waals surface area contributed by atoms with E-state index in [-0.39, 0.29) is 12.1 Å². The van der Waals surface area contributed by atoms with Crippen LogP contribution in [0.1, 0.15) is 34.4 Å². The number of piperidine rings is 1. The van der Waals surface area contributed by atoms with Gasteiger partial charge in [-0.05, 0) is 20.3 Å². The summed E-state index contributed by atoms with van der Waals surface area (Å²) in [4.78, 5) is 16.7. The summed E-state index contributed by atoms with van der Waals surface area (Å²) in [5.74, 6) is 0.671. The van der Waals surface area contributed by atoms with Gasteiger partial charge >= 0.3 is 5.97 Å². The van der Waals surface area contributed by atoms with Crippen LogP contribution in [-0.4, -0.2) is 36.3 Å². The first kappa shape index (κ1) is 12.9. The molecule has 0 radical (unpaired) electrons. The number of rotatable bonds is 4. The van der Waals surface area contributed by atoms with E-state index in [9.17, 15) is 4.79 Å². The van der Waals surface area contributed by atoms with E-state index in [1.165, 1.54) is 17.8 Å². The minimum atomic E-state index is -0.329. The lowest BCUT2D eigenvalue weighted by atomic mass is 10.1. The number of hydrogen-bond acceptors (Lipinski definition) is 6. The number of fused-ring (bicyclic) bond motifs is 2. The van der Waals surface area contributed by atoms with Crippen molar-refractivity contribution in [3.63, 3.8) is 0 Å². The van der Waals surface area contributed by atoms with Crippen LogP contribution in [-0.2, 0) is 4.74 Å². The van der Waals surface area contributed by atoms with Gasteiger partial charge in [0.15, 0.2) is 4.88 Å². The number of esters is 1. The molecule has 2 heterocycles. The molecule has 104 valence electrons. The summed E-state index contributed by atoms with van der Waals surface area (Å²) in [6.07, 6.45) is 2.35.